The van der Waals surface area contributed by atoms with E-state index in [1.54, 1.807) is 0 Å². The largest absolute Gasteiger partial charge is 0.394 e. The minimum Gasteiger partial charge on any atom is -0.394 e. The molecule has 5 N–H and O–H groups in total. The van der Waals surface area contributed by atoms with E-state index >= 15 is 0 Å². The normalized spacial score (nSPS) is 14.2. The summed E-state index contributed by atoms with van der Waals surface area (Å²) >= 11 is 0. The van der Waals surface area contributed by atoms with E-state index in [0.29, 0.717) is 19.3 Å². The molecule has 4 atom stereocenters. The van der Waals surface area contributed by atoms with Crippen LogP contribution in [0.5, 0.6) is 0 Å². The van der Waals surface area contributed by atoms with Crippen LogP contribution in [0.15, 0.2) is 48.6 Å². The van der Waals surface area contributed by atoms with Gasteiger partial charge in [0, 0.05) is 0 Å². The van der Waals surface area contributed by atoms with Crippen molar-refractivity contribution < 1.29 is 25.2 Å². The summed E-state index contributed by atoms with van der Waals surface area (Å²) < 4.78 is 0. The first kappa shape index (κ1) is 60.3. The maximum absolute atomic E-state index is 12.6. The highest BCUT2D eigenvalue weighted by Crippen LogP contribution is 2.16. The first-order valence-electron chi connectivity index (χ1n) is 27.0. The Kier molecular flexibility index (Phi) is 48.9. The molecule has 6 nitrogen and oxygen atoms in total. The van der Waals surface area contributed by atoms with Crippen LogP contribution in [0, 0.1) is 0 Å². The van der Waals surface area contributed by atoms with Gasteiger partial charge in [0.25, 0.3) is 0 Å². The second-order valence-corrected chi connectivity index (χ2v) is 18.5. The fourth-order valence-electron chi connectivity index (χ4n) is 8.20. The van der Waals surface area contributed by atoms with Gasteiger partial charge in [-0.2, -0.15) is 0 Å². The Morgan fingerprint density at radius 1 is 0.387 bits per heavy atom. The summed E-state index contributed by atoms with van der Waals surface area (Å²) in [5, 5.41) is 43.9. The van der Waals surface area contributed by atoms with Crippen molar-refractivity contribution in [1.29, 1.82) is 0 Å². The van der Waals surface area contributed by atoms with Gasteiger partial charge >= 0.3 is 0 Å². The quantitative estimate of drug-likeness (QED) is 0.0309. The van der Waals surface area contributed by atoms with Gasteiger partial charge in [-0.3, -0.25) is 4.79 Å². The fourth-order valence-corrected chi connectivity index (χ4v) is 8.20. The molecule has 0 saturated carbocycles. The number of hydrogen-bond donors (Lipinski definition) is 5. The van der Waals surface area contributed by atoms with Crippen LogP contribution >= 0.6 is 0 Å². The van der Waals surface area contributed by atoms with Gasteiger partial charge in [-0.25, -0.2) is 0 Å². The van der Waals surface area contributed by atoms with Crippen LogP contribution < -0.4 is 5.32 Å². The number of aliphatic hydroxyl groups is 4. The molecule has 0 bridgehead atoms. The third-order valence-electron chi connectivity index (χ3n) is 12.5. The summed E-state index contributed by atoms with van der Waals surface area (Å²) in [5.41, 5.74) is 0. The third kappa shape index (κ3) is 43.5. The number of aliphatic hydroxyl groups excluding tert-OH is 4. The van der Waals surface area contributed by atoms with Crippen LogP contribution in [0.4, 0.5) is 0 Å². The van der Waals surface area contributed by atoms with E-state index in [9.17, 15) is 25.2 Å². The molecule has 0 aliphatic heterocycles. The number of allylic oxidation sites excluding steroid dienone is 8. The Bertz CT molecular complexity index is 1020. The number of rotatable bonds is 49. The van der Waals surface area contributed by atoms with Crippen molar-refractivity contribution in [2.75, 3.05) is 6.61 Å². The molecule has 0 aliphatic rings. The molecule has 0 spiro atoms. The van der Waals surface area contributed by atoms with E-state index in [1.165, 1.54) is 186 Å². The number of carbonyl (C=O) groups is 1. The maximum Gasteiger partial charge on any atom is 0.249 e. The molecule has 6 heteroatoms. The van der Waals surface area contributed by atoms with E-state index in [1.807, 2.05) is 0 Å². The van der Waals surface area contributed by atoms with Crippen LogP contribution in [-0.4, -0.2) is 57.3 Å². The summed E-state index contributed by atoms with van der Waals surface area (Å²) in [6.45, 7) is 4.05. The van der Waals surface area contributed by atoms with Gasteiger partial charge in [-0.15, -0.1) is 0 Å². The second-order valence-electron chi connectivity index (χ2n) is 18.5. The van der Waals surface area contributed by atoms with Crippen LogP contribution in [0.1, 0.15) is 271 Å². The second kappa shape index (κ2) is 50.3. The zero-order valence-corrected chi connectivity index (χ0v) is 41.1. The van der Waals surface area contributed by atoms with E-state index in [4.69, 9.17) is 0 Å². The van der Waals surface area contributed by atoms with Gasteiger partial charge in [-0.05, 0) is 89.9 Å². The smallest absolute Gasteiger partial charge is 0.249 e. The minimum absolute atomic E-state index is 0.356. The summed E-state index contributed by atoms with van der Waals surface area (Å²) in [7, 11) is 0. The van der Waals surface area contributed by atoms with Gasteiger partial charge in [0.05, 0.1) is 18.8 Å². The molecule has 364 valence electrons. The first-order chi connectivity index (χ1) is 30.5. The van der Waals surface area contributed by atoms with E-state index in [-0.39, 0.29) is 0 Å². The predicted octanol–water partition coefficient (Wildman–Crippen LogP) is 15.4. The number of nitrogens with one attached hydrogen (secondary N) is 1. The van der Waals surface area contributed by atoms with Gasteiger partial charge in [0.1, 0.15) is 12.2 Å². The molecule has 4 unspecified atom stereocenters. The highest BCUT2D eigenvalue weighted by atomic mass is 16.3. The molecule has 0 aromatic carbocycles. The molecule has 1 amide bonds. The molecule has 0 fully saturated rings. The molecule has 0 aliphatic carbocycles. The molecule has 0 aromatic heterocycles. The summed E-state index contributed by atoms with van der Waals surface area (Å²) in [6, 6.07) is -1.01. The van der Waals surface area contributed by atoms with Crippen molar-refractivity contribution in [3.05, 3.63) is 48.6 Å². The monoisotopic (exact) mass is 872 g/mol. The maximum atomic E-state index is 12.6. The van der Waals surface area contributed by atoms with E-state index < -0.39 is 36.9 Å². The fraction of sp³-hybridized carbons (Fsp3) is 0.839. The Hall–Kier alpha value is -1.73. The third-order valence-corrected chi connectivity index (χ3v) is 12.5. The molecule has 0 aromatic rings. The Morgan fingerprint density at radius 2 is 0.677 bits per heavy atom. The number of amides is 1. The van der Waals surface area contributed by atoms with Crippen molar-refractivity contribution in [3.8, 4) is 0 Å². The van der Waals surface area contributed by atoms with Gasteiger partial charge in [-0.1, -0.05) is 229 Å². The van der Waals surface area contributed by atoms with Crippen LogP contribution in [-0.2, 0) is 4.79 Å². The van der Waals surface area contributed by atoms with Crippen molar-refractivity contribution in [1.82, 2.24) is 5.32 Å². The van der Waals surface area contributed by atoms with Gasteiger partial charge in [0.15, 0.2) is 0 Å². The van der Waals surface area contributed by atoms with Crippen LogP contribution in [0.3, 0.4) is 0 Å². The topological polar surface area (TPSA) is 110 Å². The predicted molar refractivity (Wildman–Crippen MR) is 270 cm³/mol. The standard InChI is InChI=1S/C56H105NO5/c1-3-5-7-9-11-13-15-17-19-21-23-25-26-27-28-29-30-32-34-36-38-40-42-44-46-48-50-54(60)56(62)57-52(51-58)55(61)53(59)49-47-45-43-41-39-37-35-33-31-24-22-20-18-16-14-12-10-8-6-4-2/h20,22,27-28,33,35,41,43,52-55,58-61H,3-19,21,23-26,29-32,34,36-40,42,44-51H2,1-2H3,(H,57,62)/b22-20+,28-27-,35-33+,43-41+. The first-order valence-corrected chi connectivity index (χ1v) is 27.0. The highest BCUT2D eigenvalue weighted by Gasteiger charge is 2.28. The summed E-state index contributed by atoms with van der Waals surface area (Å²) in [4.78, 5) is 12.6. The molecule has 0 radical (unpaired) electrons. The lowest BCUT2D eigenvalue weighted by Gasteiger charge is -2.27. The number of unbranched alkanes of at least 4 members (excludes halogenated alkanes) is 32. The van der Waals surface area contributed by atoms with E-state index in [0.717, 1.165) is 51.4 Å². The molecule has 0 rings (SSSR count). The average Bonchev–Trinajstić information content (AvgIpc) is 3.28. The van der Waals surface area contributed by atoms with Crippen molar-refractivity contribution >= 4 is 5.91 Å². The van der Waals surface area contributed by atoms with Gasteiger partial charge < -0.3 is 25.7 Å². The summed E-state index contributed by atoms with van der Waals surface area (Å²) in [6.07, 6.45) is 63.1. The lowest BCUT2D eigenvalue weighted by molar-refractivity contribution is -0.132. The Morgan fingerprint density at radius 3 is 1.02 bits per heavy atom. The number of carbonyl (C=O) groups excluding carboxylic acids is 1. The molecule has 62 heavy (non-hydrogen) atoms. The van der Waals surface area contributed by atoms with Crippen LogP contribution in [0.25, 0.3) is 0 Å². The Balaban J connectivity index is 3.72. The molecular weight excluding hydrogens is 767 g/mol. The molecule has 0 heterocycles. The molecule has 0 saturated heterocycles. The lowest BCUT2D eigenvalue weighted by Crippen LogP contribution is -2.53. The van der Waals surface area contributed by atoms with Gasteiger partial charge in [0.2, 0.25) is 5.91 Å². The highest BCUT2D eigenvalue weighted by molar-refractivity contribution is 5.80. The lowest BCUT2D eigenvalue weighted by atomic mass is 10.00. The van der Waals surface area contributed by atoms with Crippen molar-refractivity contribution in [2.45, 2.75) is 295 Å². The van der Waals surface area contributed by atoms with Crippen LogP contribution in [0.2, 0.25) is 0 Å². The SMILES string of the molecule is CCCCCCCCC/C=C/CC/C=C/CC/C=C/CCCC(O)C(O)C(CO)NC(=O)C(O)CCCCCCCCCCCC/C=C\CCCCCCCCCCCCCC. The summed E-state index contributed by atoms with van der Waals surface area (Å²) in [5.74, 6) is -0.599. The van der Waals surface area contributed by atoms with Crippen molar-refractivity contribution in [3.63, 3.8) is 0 Å². The Labute approximate surface area is 385 Å². The number of hydrogen-bond acceptors (Lipinski definition) is 5. The molecular formula is C56H105NO5. The zero-order valence-electron chi connectivity index (χ0n) is 41.1. The van der Waals surface area contributed by atoms with Crippen molar-refractivity contribution in [2.24, 2.45) is 0 Å². The zero-order chi connectivity index (χ0) is 45.2. The average molecular weight is 872 g/mol. The van der Waals surface area contributed by atoms with E-state index in [2.05, 4.69) is 67.8 Å². The minimum atomic E-state index is -1.30.